The summed E-state index contributed by atoms with van der Waals surface area (Å²) in [5, 5.41) is 6.97. The molecule has 6 heteroatoms. The third-order valence-corrected chi connectivity index (χ3v) is 6.11. The molecule has 6 nitrogen and oxygen atoms in total. The van der Waals surface area contributed by atoms with E-state index in [2.05, 4.69) is 41.5 Å². The molecule has 1 aromatic rings. The third-order valence-electron chi connectivity index (χ3n) is 6.11. The minimum absolute atomic E-state index is 0.235. The Morgan fingerprint density at radius 2 is 1.80 bits per heavy atom. The van der Waals surface area contributed by atoms with Crippen LogP contribution >= 0.6 is 0 Å². The Morgan fingerprint density at radius 1 is 1.10 bits per heavy atom. The Kier molecular flexibility index (Phi) is 9.00. The van der Waals surface area contributed by atoms with E-state index in [4.69, 9.17) is 4.99 Å². The molecule has 0 radical (unpaired) electrons. The number of likely N-dealkylation sites (tertiary alicyclic amines) is 1. The number of carbonyl (C=O) groups is 1. The van der Waals surface area contributed by atoms with Gasteiger partial charge in [0.2, 0.25) is 5.91 Å². The number of unbranched alkanes of at least 4 members (excludes halogenated alkanes) is 1. The Hall–Kier alpha value is -2.08. The molecule has 166 valence electrons. The van der Waals surface area contributed by atoms with Crippen molar-refractivity contribution in [2.75, 3.05) is 32.7 Å². The largest absolute Gasteiger partial charge is 0.357 e. The molecule has 1 aromatic carbocycles. The zero-order chi connectivity index (χ0) is 21.2. The lowest BCUT2D eigenvalue weighted by Gasteiger charge is -2.33. The van der Waals surface area contributed by atoms with Gasteiger partial charge in [0, 0.05) is 51.7 Å². The molecule has 1 amide bonds. The summed E-state index contributed by atoms with van der Waals surface area (Å²) in [7, 11) is 0. The van der Waals surface area contributed by atoms with E-state index in [1.54, 1.807) is 0 Å². The lowest BCUT2D eigenvalue weighted by atomic mass is 10.0. The molecule has 0 bridgehead atoms. The van der Waals surface area contributed by atoms with E-state index in [1.165, 1.54) is 56.4 Å². The van der Waals surface area contributed by atoms with Gasteiger partial charge in [-0.1, -0.05) is 37.6 Å². The standard InChI is InChI=1S/C24H39N5O/c1-3-5-15-28-16-12-22(13-17-28)27-24(25-4-2)26-14-8-11-23(30)29-18-20-9-6-7-10-21(20)19-29/h6-7,9-10,22H,3-5,8,11-19H2,1-2H3,(H2,25,26,27). The van der Waals surface area contributed by atoms with Crippen molar-refractivity contribution in [1.29, 1.82) is 0 Å². The van der Waals surface area contributed by atoms with Crippen LogP contribution in [0, 0.1) is 0 Å². The molecule has 0 atom stereocenters. The van der Waals surface area contributed by atoms with Crippen LogP contribution in [0.2, 0.25) is 0 Å². The van der Waals surface area contributed by atoms with Gasteiger partial charge in [0.1, 0.15) is 0 Å². The Bertz CT molecular complexity index is 672. The van der Waals surface area contributed by atoms with E-state index in [1.807, 2.05) is 17.0 Å². The van der Waals surface area contributed by atoms with Crippen LogP contribution in [0.1, 0.15) is 63.5 Å². The molecule has 2 heterocycles. The van der Waals surface area contributed by atoms with Gasteiger partial charge in [-0.2, -0.15) is 0 Å². The zero-order valence-electron chi connectivity index (χ0n) is 18.8. The summed E-state index contributed by atoms with van der Waals surface area (Å²) in [6.07, 6.45) is 6.25. The second-order valence-electron chi connectivity index (χ2n) is 8.50. The summed E-state index contributed by atoms with van der Waals surface area (Å²) in [5.74, 6) is 1.13. The van der Waals surface area contributed by atoms with Crippen LogP contribution in [-0.2, 0) is 17.9 Å². The Morgan fingerprint density at radius 3 is 2.43 bits per heavy atom. The maximum atomic E-state index is 12.5. The van der Waals surface area contributed by atoms with E-state index in [9.17, 15) is 4.79 Å². The van der Waals surface area contributed by atoms with Gasteiger partial charge >= 0.3 is 0 Å². The van der Waals surface area contributed by atoms with Gasteiger partial charge in [0.25, 0.3) is 0 Å². The average Bonchev–Trinajstić information content (AvgIpc) is 3.20. The number of aliphatic imine (C=N–C) groups is 1. The molecule has 2 aliphatic rings. The summed E-state index contributed by atoms with van der Waals surface area (Å²) >= 11 is 0. The molecule has 3 rings (SSSR count). The smallest absolute Gasteiger partial charge is 0.223 e. The van der Waals surface area contributed by atoms with Gasteiger partial charge in [-0.3, -0.25) is 9.79 Å². The first-order valence-corrected chi connectivity index (χ1v) is 11.8. The molecule has 30 heavy (non-hydrogen) atoms. The van der Waals surface area contributed by atoms with Crippen LogP contribution in [0.3, 0.4) is 0 Å². The molecule has 0 unspecified atom stereocenters. The maximum Gasteiger partial charge on any atom is 0.223 e. The lowest BCUT2D eigenvalue weighted by Crippen LogP contribution is -2.48. The fourth-order valence-electron chi connectivity index (χ4n) is 4.28. The van der Waals surface area contributed by atoms with Crippen LogP contribution in [0.25, 0.3) is 0 Å². The summed E-state index contributed by atoms with van der Waals surface area (Å²) in [6.45, 7) is 11.0. The molecule has 2 N–H and O–H groups in total. The van der Waals surface area contributed by atoms with Crippen LogP contribution in [0.5, 0.6) is 0 Å². The van der Waals surface area contributed by atoms with Crippen molar-refractivity contribution in [1.82, 2.24) is 20.4 Å². The third kappa shape index (κ3) is 6.73. The van der Waals surface area contributed by atoms with Crippen molar-refractivity contribution in [3.05, 3.63) is 35.4 Å². The fraction of sp³-hybridized carbons (Fsp3) is 0.667. The van der Waals surface area contributed by atoms with Gasteiger partial charge in [-0.05, 0) is 50.3 Å². The maximum absolute atomic E-state index is 12.5. The highest BCUT2D eigenvalue weighted by molar-refractivity contribution is 5.80. The lowest BCUT2D eigenvalue weighted by molar-refractivity contribution is -0.131. The van der Waals surface area contributed by atoms with Crippen LogP contribution in [-0.4, -0.2) is 60.4 Å². The number of nitrogens with one attached hydrogen (secondary N) is 2. The highest BCUT2D eigenvalue weighted by Gasteiger charge is 2.22. The average molecular weight is 414 g/mol. The van der Waals surface area contributed by atoms with Crippen LogP contribution in [0.4, 0.5) is 0 Å². The van der Waals surface area contributed by atoms with Crippen molar-refractivity contribution in [2.45, 2.75) is 71.5 Å². The molecule has 1 fully saturated rings. The number of piperidine rings is 1. The second-order valence-corrected chi connectivity index (χ2v) is 8.50. The summed E-state index contributed by atoms with van der Waals surface area (Å²) in [5.41, 5.74) is 2.56. The predicted molar refractivity (Wildman–Crippen MR) is 123 cm³/mol. The summed E-state index contributed by atoms with van der Waals surface area (Å²) in [6, 6.07) is 8.83. The molecule has 1 saturated heterocycles. The van der Waals surface area contributed by atoms with E-state index in [0.29, 0.717) is 19.0 Å². The minimum Gasteiger partial charge on any atom is -0.357 e. The minimum atomic E-state index is 0.235. The number of hydrogen-bond donors (Lipinski definition) is 2. The van der Waals surface area contributed by atoms with Crippen molar-refractivity contribution in [2.24, 2.45) is 4.99 Å². The zero-order valence-corrected chi connectivity index (χ0v) is 18.8. The number of nitrogens with zero attached hydrogens (tertiary/aromatic N) is 3. The summed E-state index contributed by atoms with van der Waals surface area (Å²) < 4.78 is 0. The van der Waals surface area contributed by atoms with Crippen LogP contribution in [0.15, 0.2) is 29.3 Å². The number of fused-ring (bicyclic) bond motifs is 1. The van der Waals surface area contributed by atoms with Crippen molar-refractivity contribution < 1.29 is 4.79 Å². The Labute approximate surface area is 182 Å². The van der Waals surface area contributed by atoms with E-state index in [-0.39, 0.29) is 5.91 Å². The molecule has 0 spiro atoms. The van der Waals surface area contributed by atoms with Gasteiger partial charge < -0.3 is 20.4 Å². The molecule has 0 aliphatic carbocycles. The first kappa shape index (κ1) is 22.6. The van der Waals surface area contributed by atoms with Crippen LogP contribution < -0.4 is 10.6 Å². The number of hydrogen-bond acceptors (Lipinski definition) is 3. The van der Waals surface area contributed by atoms with E-state index < -0.39 is 0 Å². The van der Waals surface area contributed by atoms with Gasteiger partial charge in [0.15, 0.2) is 5.96 Å². The first-order chi connectivity index (χ1) is 14.7. The van der Waals surface area contributed by atoms with Gasteiger partial charge in [0.05, 0.1) is 0 Å². The van der Waals surface area contributed by atoms with E-state index in [0.717, 1.165) is 32.0 Å². The number of amides is 1. The highest BCUT2D eigenvalue weighted by atomic mass is 16.2. The van der Waals surface area contributed by atoms with E-state index >= 15 is 0 Å². The Balaban J connectivity index is 1.37. The monoisotopic (exact) mass is 413 g/mol. The first-order valence-electron chi connectivity index (χ1n) is 11.8. The number of carbonyl (C=O) groups excluding carboxylic acids is 1. The topological polar surface area (TPSA) is 60.0 Å². The quantitative estimate of drug-likeness (QED) is 0.371. The number of guanidine groups is 1. The molecular weight excluding hydrogens is 374 g/mol. The molecule has 0 aromatic heterocycles. The molecule has 0 saturated carbocycles. The highest BCUT2D eigenvalue weighted by Crippen LogP contribution is 2.22. The number of rotatable bonds is 9. The normalized spacial score (nSPS) is 17.8. The van der Waals surface area contributed by atoms with Crippen molar-refractivity contribution in [3.63, 3.8) is 0 Å². The molecular formula is C24H39N5O. The van der Waals surface area contributed by atoms with Crippen molar-refractivity contribution in [3.8, 4) is 0 Å². The van der Waals surface area contributed by atoms with Gasteiger partial charge in [-0.15, -0.1) is 0 Å². The predicted octanol–water partition coefficient (Wildman–Crippen LogP) is 3.13. The van der Waals surface area contributed by atoms with Crippen molar-refractivity contribution >= 4 is 11.9 Å². The molecule has 2 aliphatic heterocycles. The fourth-order valence-corrected chi connectivity index (χ4v) is 4.28. The van der Waals surface area contributed by atoms with Gasteiger partial charge in [-0.25, -0.2) is 0 Å². The summed E-state index contributed by atoms with van der Waals surface area (Å²) in [4.78, 5) is 21.8. The SMILES string of the molecule is CCCCN1CCC(NC(=NCCCC(=O)N2Cc3ccccc3C2)NCC)CC1. The second kappa shape index (κ2) is 11.9. The number of benzene rings is 1.